The van der Waals surface area contributed by atoms with Gasteiger partial charge in [0.05, 0.1) is 32.0 Å². The Morgan fingerprint density at radius 1 is 0.315 bits per heavy atom. The molecule has 0 aliphatic rings. The number of phenolic OH excluding ortho intramolecular Hbond substituents is 3. The second-order valence-electron chi connectivity index (χ2n) is 18.0. The summed E-state index contributed by atoms with van der Waals surface area (Å²) in [6.45, 7) is 0. The van der Waals surface area contributed by atoms with Crippen LogP contribution in [-0.4, -0.2) is 141 Å². The molecule has 0 aromatic heterocycles. The first-order valence-corrected chi connectivity index (χ1v) is 34.5. The number of aromatic hydroxyl groups is 3. The van der Waals surface area contributed by atoms with Gasteiger partial charge in [0, 0.05) is 26.9 Å². The molecule has 0 aliphatic heterocycles. The van der Waals surface area contributed by atoms with Gasteiger partial charge in [0.2, 0.25) is 0 Å². The van der Waals surface area contributed by atoms with Crippen molar-refractivity contribution in [3.63, 3.8) is 0 Å². The number of nitrogens with two attached hydrogens (primary N) is 1. The summed E-state index contributed by atoms with van der Waals surface area (Å²) in [5, 5.41) is 75.3. The Labute approximate surface area is 511 Å². The smallest absolute Gasteiger partial charge is 0.338 e. The van der Waals surface area contributed by atoms with E-state index >= 15 is 0 Å². The number of phenols is 3. The van der Waals surface area contributed by atoms with Crippen molar-refractivity contribution in [2.24, 2.45) is 40.9 Å². The number of fused-ring (bicyclic) bond motifs is 3. The molecule has 0 saturated heterocycles. The fraction of sp³-hybridized carbons (Fsp3) is 0. The van der Waals surface area contributed by atoms with Crippen LogP contribution in [0, 0.1) is 0 Å². The Morgan fingerprint density at radius 2 is 0.620 bits per heavy atom. The lowest BCUT2D eigenvalue weighted by molar-refractivity contribution is 0.0686. The van der Waals surface area contributed by atoms with Crippen LogP contribution in [0.2, 0.25) is 0 Å². The number of hydrogen-bond donors (Lipinski definition) is 14. The molecule has 8 rings (SSSR count). The van der Waals surface area contributed by atoms with Crippen LogP contribution < -0.4 is 5.73 Å². The highest BCUT2D eigenvalue weighted by molar-refractivity contribution is 7.88. The molecule has 0 unspecified atom stereocenters. The first-order chi connectivity index (χ1) is 42.0. The van der Waals surface area contributed by atoms with Crippen molar-refractivity contribution in [1.29, 1.82) is 0 Å². The second-order valence-corrected chi connectivity index (χ2v) is 29.2. The molecule has 40 nitrogen and oxygen atoms in total. The standard InChI is InChI=1S/C44H29N9O31S8/c45-34-28(50-48-26-7-3-17-19(41(26)91(79,80)81)11-30(88(70,71)72)35(38(17)54)51-46-24-5-1-15(85(61,62)63)9-21(24)43(57)58)14-29(87(67,68)69)23-13-32(90(76,77)78)37(40(56)33(23)34)53-49-27-8-4-18-20(42(27)92(82,83)84)12-31(89(73,74)75)36(39(18)55)52-47-25-6-2-16(86(64,65)66)10-22(25)44(59)60/h1-14,54-56H,45H2,(H,57,58)(H,59,60)(H,61,62,63)(H,64,65,66)(H,67,68,69)(H,70,71,72)(H,73,74,75)(H,76,77,78)(H,79,80,81)(H,82,83,84)/b50-48-,51-46-,52-47-,53-49-. The Hall–Kier alpha value is -9.64. The number of hydrogen-bond acceptors (Lipinski definition) is 30. The number of azo groups is 4. The number of carboxylic acids is 2. The number of nitrogen functional groups attached to an aromatic ring is 1. The van der Waals surface area contributed by atoms with Crippen molar-refractivity contribution in [2.75, 3.05) is 5.73 Å². The lowest BCUT2D eigenvalue weighted by atomic mass is 10.0. The van der Waals surface area contributed by atoms with Gasteiger partial charge in [0.25, 0.3) is 80.9 Å². The zero-order chi connectivity index (χ0) is 68.9. The first-order valence-electron chi connectivity index (χ1n) is 23.0. The summed E-state index contributed by atoms with van der Waals surface area (Å²) in [5.74, 6) is -8.38. The van der Waals surface area contributed by atoms with Crippen LogP contribution in [0.25, 0.3) is 32.3 Å². The van der Waals surface area contributed by atoms with Crippen molar-refractivity contribution < 1.29 is 139 Å². The predicted molar refractivity (Wildman–Crippen MR) is 303 cm³/mol. The Morgan fingerprint density at radius 3 is 0.946 bits per heavy atom. The number of rotatable bonds is 18. The topological polar surface area (TPSA) is 695 Å². The summed E-state index contributed by atoms with van der Waals surface area (Å²) >= 11 is 0. The maximum Gasteiger partial charge on any atom is 0.338 e. The molecule has 0 aliphatic carbocycles. The fourth-order valence-electron chi connectivity index (χ4n) is 8.44. The van der Waals surface area contributed by atoms with E-state index in [1.165, 1.54) is 0 Å². The molecule has 0 spiro atoms. The summed E-state index contributed by atoms with van der Waals surface area (Å²) < 4.78 is 282. The van der Waals surface area contributed by atoms with Crippen molar-refractivity contribution >= 4 is 176 Å². The maximum atomic E-state index is 13.1. The van der Waals surface area contributed by atoms with Gasteiger partial charge in [-0.25, -0.2) is 9.59 Å². The molecule has 8 aromatic carbocycles. The monoisotopic (exact) mass is 1430 g/mol. The van der Waals surface area contributed by atoms with Gasteiger partial charge >= 0.3 is 11.9 Å². The van der Waals surface area contributed by atoms with Crippen molar-refractivity contribution in [1.82, 2.24) is 0 Å². The van der Waals surface area contributed by atoms with Crippen molar-refractivity contribution in [3.8, 4) is 17.2 Å². The molecule has 0 heterocycles. The van der Waals surface area contributed by atoms with Crippen LogP contribution in [0.5, 0.6) is 17.2 Å². The minimum absolute atomic E-state index is 0.148. The van der Waals surface area contributed by atoms with Crippen LogP contribution in [0.3, 0.4) is 0 Å². The van der Waals surface area contributed by atoms with E-state index in [9.17, 15) is 139 Å². The molecule has 48 heteroatoms. The number of aromatic carboxylic acids is 2. The Balaban J connectivity index is 1.31. The summed E-state index contributed by atoms with van der Waals surface area (Å²) in [6, 6.07) is 6.55. The van der Waals surface area contributed by atoms with E-state index in [1.807, 2.05) is 0 Å². The summed E-state index contributed by atoms with van der Waals surface area (Å²) in [4.78, 5) is 12.5. The van der Waals surface area contributed by atoms with Gasteiger partial charge in [-0.15, -0.1) is 40.9 Å². The molecule has 484 valence electrons. The molecule has 0 saturated carbocycles. The molecule has 0 amide bonds. The highest BCUT2D eigenvalue weighted by atomic mass is 32.2. The summed E-state index contributed by atoms with van der Waals surface area (Å²) in [7, 11) is -44.9. The van der Waals surface area contributed by atoms with Crippen LogP contribution in [0.1, 0.15) is 20.7 Å². The van der Waals surface area contributed by atoms with Gasteiger partial charge in [-0.1, -0.05) is 0 Å². The Bertz CT molecular complexity index is 5810. The minimum Gasteiger partial charge on any atom is -0.505 e. The largest absolute Gasteiger partial charge is 0.505 e. The number of carbonyl (C=O) groups is 2. The van der Waals surface area contributed by atoms with Gasteiger partial charge in [-0.2, -0.15) is 67.3 Å². The van der Waals surface area contributed by atoms with E-state index in [1.54, 1.807) is 0 Å². The summed E-state index contributed by atoms with van der Waals surface area (Å²) in [5.41, 5.74) is -6.06. The van der Waals surface area contributed by atoms with E-state index in [4.69, 9.17) is 5.73 Å². The van der Waals surface area contributed by atoms with Crippen LogP contribution >= 0.6 is 0 Å². The second kappa shape index (κ2) is 23.2. The Kier molecular flexibility index (Phi) is 17.2. The van der Waals surface area contributed by atoms with E-state index in [-0.39, 0.29) is 24.3 Å². The van der Waals surface area contributed by atoms with Gasteiger partial charge < -0.3 is 31.3 Å². The number of benzene rings is 8. The van der Waals surface area contributed by atoms with Crippen molar-refractivity contribution in [2.45, 2.75) is 39.2 Å². The van der Waals surface area contributed by atoms with Crippen LogP contribution in [-0.2, 0) is 80.9 Å². The highest BCUT2D eigenvalue weighted by Crippen LogP contribution is 2.51. The van der Waals surface area contributed by atoms with Crippen LogP contribution in [0.15, 0.2) is 165 Å². The number of carboxylic acid groups (broad SMARTS) is 2. The van der Waals surface area contributed by atoms with Crippen LogP contribution in [0.4, 0.5) is 51.2 Å². The first kappa shape index (κ1) is 68.3. The molecule has 15 N–H and O–H groups in total. The average Bonchev–Trinajstić information content (AvgIpc) is 0.753. The van der Waals surface area contributed by atoms with E-state index < -0.39 is 244 Å². The average molecular weight is 1440 g/mol. The predicted octanol–water partition coefficient (Wildman–Crippen LogP) is 6.88. The summed E-state index contributed by atoms with van der Waals surface area (Å²) in [6.07, 6.45) is 0. The zero-order valence-electron chi connectivity index (χ0n) is 43.7. The maximum absolute atomic E-state index is 13.1. The number of anilines is 1. The quantitative estimate of drug-likeness (QED) is 0.0236. The normalized spacial score (nSPS) is 13.4. The molecule has 8 aromatic rings. The van der Waals surface area contributed by atoms with Gasteiger partial charge in [0.1, 0.15) is 74.9 Å². The molecule has 0 bridgehead atoms. The molecular weight excluding hydrogens is 1410 g/mol. The lowest BCUT2D eigenvalue weighted by Crippen LogP contribution is -2.05. The third-order valence-electron chi connectivity index (χ3n) is 12.3. The fourth-order valence-corrected chi connectivity index (χ4v) is 13.7. The minimum atomic E-state index is -5.89. The van der Waals surface area contributed by atoms with E-state index in [0.29, 0.717) is 60.7 Å². The molecular formula is C44H29N9O31S8. The van der Waals surface area contributed by atoms with E-state index in [2.05, 4.69) is 40.9 Å². The van der Waals surface area contributed by atoms with Gasteiger partial charge in [-0.3, -0.25) is 36.4 Å². The van der Waals surface area contributed by atoms with E-state index in [0.717, 1.165) is 0 Å². The van der Waals surface area contributed by atoms with Gasteiger partial charge in [-0.05, 0) is 84.9 Å². The zero-order valence-corrected chi connectivity index (χ0v) is 50.2. The molecule has 0 radical (unpaired) electrons. The lowest BCUT2D eigenvalue weighted by Gasteiger charge is -2.15. The SMILES string of the molecule is Nc1c(/N=N\c2ccc3c(O)c(/N=N\c4ccc(S(=O)(=O)O)cc4C(=O)O)c(S(=O)(=O)O)cc3c2S(=O)(=O)O)cc(S(=O)(=O)O)c2cc(S(=O)(=O)O)c(/N=N\c3ccc4c(O)c(/N=N\c5ccc(S(=O)(=O)O)cc5C(=O)O)c(S(=O)(=O)O)cc4c3S(=O)(=O)O)c(O)c12. The van der Waals surface area contributed by atoms with Crippen molar-refractivity contribution in [3.05, 3.63) is 96.1 Å². The van der Waals surface area contributed by atoms with Gasteiger partial charge in [0.15, 0.2) is 17.2 Å². The third kappa shape index (κ3) is 13.4. The molecule has 92 heavy (non-hydrogen) atoms. The third-order valence-corrected chi connectivity index (χ3v) is 19.4. The molecule has 0 atom stereocenters. The molecule has 0 fully saturated rings. The number of nitrogens with zero attached hydrogens (tertiary/aromatic N) is 8. The highest BCUT2D eigenvalue weighted by Gasteiger charge is 2.33.